The Morgan fingerprint density at radius 3 is 2.74 bits per heavy atom. The van der Waals surface area contributed by atoms with Crippen molar-refractivity contribution >= 4 is 12.0 Å². The number of urea groups is 1. The summed E-state index contributed by atoms with van der Waals surface area (Å²) in [6.45, 7) is 3.35. The predicted octanol–water partition coefficient (Wildman–Crippen LogP) is 0.683. The van der Waals surface area contributed by atoms with Gasteiger partial charge in [-0.05, 0) is 12.8 Å². The van der Waals surface area contributed by atoms with Crippen molar-refractivity contribution in [2.75, 3.05) is 13.1 Å². The fraction of sp³-hybridized carbons (Fsp3) is 0.583. The fourth-order valence-corrected chi connectivity index (χ4v) is 1.47. The van der Waals surface area contributed by atoms with Gasteiger partial charge in [-0.15, -0.1) is 0 Å². The van der Waals surface area contributed by atoms with Gasteiger partial charge in [0.25, 0.3) is 0 Å². The van der Waals surface area contributed by atoms with Crippen LogP contribution in [0, 0.1) is 5.92 Å². The number of aromatic nitrogens is 2. The van der Waals surface area contributed by atoms with Gasteiger partial charge in [0.15, 0.2) is 0 Å². The van der Waals surface area contributed by atoms with Crippen LogP contribution in [0.1, 0.15) is 19.8 Å². The number of rotatable bonds is 8. The molecule has 1 rings (SSSR count). The number of carboxylic acid groups (broad SMARTS) is 1. The topological polar surface area (TPSA) is 96.3 Å². The summed E-state index contributed by atoms with van der Waals surface area (Å²) >= 11 is 0. The molecule has 0 radical (unpaired) electrons. The van der Waals surface area contributed by atoms with Crippen molar-refractivity contribution in [2.24, 2.45) is 5.92 Å². The lowest BCUT2D eigenvalue weighted by Gasteiger charge is -2.09. The minimum absolute atomic E-state index is 0.261. The van der Waals surface area contributed by atoms with Crippen molar-refractivity contribution in [1.82, 2.24) is 20.2 Å². The highest BCUT2D eigenvalue weighted by molar-refractivity contribution is 5.74. The molecular formula is C12H20N4O3. The van der Waals surface area contributed by atoms with Gasteiger partial charge < -0.3 is 20.3 Å². The number of carboxylic acids is 1. The molecule has 1 aromatic rings. The summed E-state index contributed by atoms with van der Waals surface area (Å²) in [7, 11) is 0. The molecule has 19 heavy (non-hydrogen) atoms. The molecule has 0 saturated heterocycles. The van der Waals surface area contributed by atoms with Crippen LogP contribution < -0.4 is 10.6 Å². The molecule has 0 aliphatic rings. The maximum atomic E-state index is 11.4. The molecular weight excluding hydrogens is 248 g/mol. The van der Waals surface area contributed by atoms with Crippen molar-refractivity contribution in [3.63, 3.8) is 0 Å². The van der Waals surface area contributed by atoms with Crippen LogP contribution in [0.5, 0.6) is 0 Å². The van der Waals surface area contributed by atoms with E-state index in [0.29, 0.717) is 19.5 Å². The van der Waals surface area contributed by atoms with Crippen LogP contribution in [-0.2, 0) is 11.3 Å². The molecule has 106 valence electrons. The molecule has 2 amide bonds. The number of carbonyl (C=O) groups is 2. The average Bonchev–Trinajstić information content (AvgIpc) is 2.87. The van der Waals surface area contributed by atoms with Gasteiger partial charge in [0, 0.05) is 32.0 Å². The molecule has 0 aliphatic heterocycles. The molecule has 7 heteroatoms. The molecule has 1 aromatic heterocycles. The third kappa shape index (κ3) is 6.44. The van der Waals surface area contributed by atoms with Gasteiger partial charge in [-0.3, -0.25) is 4.79 Å². The summed E-state index contributed by atoms with van der Waals surface area (Å²) in [6, 6.07) is -0.261. The first kappa shape index (κ1) is 15.0. The van der Waals surface area contributed by atoms with Crippen molar-refractivity contribution < 1.29 is 14.7 Å². The van der Waals surface area contributed by atoms with Crippen LogP contribution in [0.4, 0.5) is 4.79 Å². The van der Waals surface area contributed by atoms with Crippen LogP contribution in [0.3, 0.4) is 0 Å². The fourth-order valence-electron chi connectivity index (χ4n) is 1.47. The van der Waals surface area contributed by atoms with Gasteiger partial charge in [-0.2, -0.15) is 0 Å². The lowest BCUT2D eigenvalue weighted by atomic mass is 10.1. The first-order valence-corrected chi connectivity index (χ1v) is 6.30. The Hall–Kier alpha value is -2.05. The minimum Gasteiger partial charge on any atom is -0.481 e. The second-order valence-corrected chi connectivity index (χ2v) is 4.36. The highest BCUT2D eigenvalue weighted by Gasteiger charge is 2.10. The zero-order valence-electron chi connectivity index (χ0n) is 11.0. The summed E-state index contributed by atoms with van der Waals surface area (Å²) in [5.74, 6) is -1.29. The van der Waals surface area contributed by atoms with E-state index in [1.807, 2.05) is 10.8 Å². The van der Waals surface area contributed by atoms with E-state index in [-0.39, 0.29) is 6.03 Å². The van der Waals surface area contributed by atoms with E-state index < -0.39 is 11.9 Å². The van der Waals surface area contributed by atoms with E-state index in [0.717, 1.165) is 13.0 Å². The standard InChI is InChI=1S/C12H20N4O3/c1-10(11(17)18)3-5-15-12(19)14-4-2-7-16-8-6-13-9-16/h6,8-10H,2-5,7H2,1H3,(H,17,18)(H2,14,15,19). The van der Waals surface area contributed by atoms with Crippen LogP contribution in [-0.4, -0.2) is 39.7 Å². The van der Waals surface area contributed by atoms with E-state index in [9.17, 15) is 9.59 Å². The molecule has 0 saturated carbocycles. The summed E-state index contributed by atoms with van der Waals surface area (Å²) in [5.41, 5.74) is 0. The SMILES string of the molecule is CC(CCNC(=O)NCCCn1ccnc1)C(=O)O. The first-order chi connectivity index (χ1) is 9.09. The quantitative estimate of drug-likeness (QED) is 0.604. The van der Waals surface area contributed by atoms with Gasteiger partial charge >= 0.3 is 12.0 Å². The normalized spacial score (nSPS) is 11.8. The Morgan fingerprint density at radius 1 is 1.37 bits per heavy atom. The second-order valence-electron chi connectivity index (χ2n) is 4.36. The first-order valence-electron chi connectivity index (χ1n) is 6.30. The largest absolute Gasteiger partial charge is 0.481 e. The number of aryl methyl sites for hydroxylation is 1. The summed E-state index contributed by atoms with van der Waals surface area (Å²) in [5, 5.41) is 14.0. The summed E-state index contributed by atoms with van der Waals surface area (Å²) in [6.07, 6.45) is 6.55. The Morgan fingerprint density at radius 2 is 2.11 bits per heavy atom. The second kappa shape index (κ2) is 8.12. The molecule has 0 aliphatic carbocycles. The molecule has 0 fully saturated rings. The van der Waals surface area contributed by atoms with Gasteiger partial charge in [0.1, 0.15) is 0 Å². The lowest BCUT2D eigenvalue weighted by Crippen LogP contribution is -2.37. The Labute approximate surface area is 112 Å². The molecule has 3 N–H and O–H groups in total. The average molecular weight is 268 g/mol. The maximum absolute atomic E-state index is 11.4. The monoisotopic (exact) mass is 268 g/mol. The lowest BCUT2D eigenvalue weighted by molar-refractivity contribution is -0.141. The summed E-state index contributed by atoms with van der Waals surface area (Å²) in [4.78, 5) is 25.9. The number of carbonyl (C=O) groups excluding carboxylic acids is 1. The maximum Gasteiger partial charge on any atom is 0.314 e. The highest BCUT2D eigenvalue weighted by atomic mass is 16.4. The molecule has 1 unspecified atom stereocenters. The number of amides is 2. The van der Waals surface area contributed by atoms with Gasteiger partial charge in [0.2, 0.25) is 0 Å². The van der Waals surface area contributed by atoms with Crippen molar-refractivity contribution in [1.29, 1.82) is 0 Å². The van der Waals surface area contributed by atoms with Gasteiger partial charge in [-0.1, -0.05) is 6.92 Å². The smallest absolute Gasteiger partial charge is 0.314 e. The highest BCUT2D eigenvalue weighted by Crippen LogP contribution is 1.99. The van der Waals surface area contributed by atoms with Crippen molar-refractivity contribution in [3.05, 3.63) is 18.7 Å². The van der Waals surface area contributed by atoms with E-state index in [4.69, 9.17) is 5.11 Å². The Bertz CT molecular complexity index is 392. The molecule has 0 bridgehead atoms. The van der Waals surface area contributed by atoms with Crippen molar-refractivity contribution in [3.8, 4) is 0 Å². The number of imidazole rings is 1. The van der Waals surface area contributed by atoms with Crippen LogP contribution in [0.2, 0.25) is 0 Å². The predicted molar refractivity (Wildman–Crippen MR) is 69.7 cm³/mol. The number of hydrogen-bond acceptors (Lipinski definition) is 3. The summed E-state index contributed by atoms with van der Waals surface area (Å²) < 4.78 is 1.94. The van der Waals surface area contributed by atoms with Crippen LogP contribution >= 0.6 is 0 Å². The van der Waals surface area contributed by atoms with Crippen LogP contribution in [0.15, 0.2) is 18.7 Å². The molecule has 1 atom stereocenters. The third-order valence-electron chi connectivity index (χ3n) is 2.72. The minimum atomic E-state index is -0.845. The van der Waals surface area contributed by atoms with E-state index in [1.165, 1.54) is 0 Å². The molecule has 1 heterocycles. The zero-order valence-corrected chi connectivity index (χ0v) is 11.0. The van der Waals surface area contributed by atoms with E-state index in [2.05, 4.69) is 15.6 Å². The number of nitrogens with one attached hydrogen (secondary N) is 2. The number of aliphatic carboxylic acids is 1. The Kier molecular flexibility index (Phi) is 6.42. The van der Waals surface area contributed by atoms with Gasteiger partial charge in [0.05, 0.1) is 12.2 Å². The van der Waals surface area contributed by atoms with Gasteiger partial charge in [-0.25, -0.2) is 9.78 Å². The van der Waals surface area contributed by atoms with E-state index >= 15 is 0 Å². The Balaban J connectivity index is 2.00. The van der Waals surface area contributed by atoms with Crippen molar-refractivity contribution in [2.45, 2.75) is 26.3 Å². The molecule has 0 spiro atoms. The number of hydrogen-bond donors (Lipinski definition) is 3. The molecule has 0 aromatic carbocycles. The van der Waals surface area contributed by atoms with E-state index in [1.54, 1.807) is 19.4 Å². The number of nitrogens with zero attached hydrogens (tertiary/aromatic N) is 2. The third-order valence-corrected chi connectivity index (χ3v) is 2.72. The zero-order chi connectivity index (χ0) is 14.1. The molecule has 7 nitrogen and oxygen atoms in total. The van der Waals surface area contributed by atoms with Crippen LogP contribution in [0.25, 0.3) is 0 Å².